The first kappa shape index (κ1) is 29.1. The number of nitrogens with two attached hydrogens (primary N) is 1. The van der Waals surface area contributed by atoms with Crippen molar-refractivity contribution in [2.24, 2.45) is 5.73 Å². The molecule has 0 bridgehead atoms. The molecule has 0 aromatic heterocycles. The molecule has 1 aromatic carbocycles. The summed E-state index contributed by atoms with van der Waals surface area (Å²) in [6.45, 7) is 0. The molecule has 0 aliphatic carbocycles. The minimum atomic E-state index is -1.40. The number of hydrogen-bond donors (Lipinski definition) is 9. The quantitative estimate of drug-likeness (QED) is 0.132. The van der Waals surface area contributed by atoms with Crippen molar-refractivity contribution in [2.75, 3.05) is 11.5 Å². The molecule has 0 aliphatic heterocycles. The molecule has 0 heterocycles. The number of phenolic OH excluding ortho intramolecular Hbond substituents is 1. The Bertz CT molecular complexity index is 884. The van der Waals surface area contributed by atoms with Crippen LogP contribution in [0.1, 0.15) is 18.4 Å². The predicted molar refractivity (Wildman–Crippen MR) is 128 cm³/mol. The fourth-order valence-corrected chi connectivity index (χ4v) is 3.12. The van der Waals surface area contributed by atoms with Gasteiger partial charge in [0.2, 0.25) is 17.7 Å². The van der Waals surface area contributed by atoms with Gasteiger partial charge in [0.05, 0.1) is 6.04 Å². The van der Waals surface area contributed by atoms with Crippen LogP contribution < -0.4 is 21.7 Å². The lowest BCUT2D eigenvalue weighted by Gasteiger charge is -2.25. The van der Waals surface area contributed by atoms with Crippen LogP contribution in [0.2, 0.25) is 0 Å². The molecule has 0 fully saturated rings. The maximum Gasteiger partial charge on any atom is 0.327 e. The van der Waals surface area contributed by atoms with Crippen LogP contribution in [0, 0.1) is 0 Å². The van der Waals surface area contributed by atoms with Gasteiger partial charge in [-0.15, -0.1) is 0 Å². The van der Waals surface area contributed by atoms with Crippen LogP contribution in [0.4, 0.5) is 0 Å². The molecule has 188 valence electrons. The second-order valence-electron chi connectivity index (χ2n) is 7.30. The summed E-state index contributed by atoms with van der Waals surface area (Å²) in [6.07, 6.45) is -0.864. The highest BCUT2D eigenvalue weighted by Gasteiger charge is 2.30. The molecule has 12 nitrogen and oxygen atoms in total. The van der Waals surface area contributed by atoms with Gasteiger partial charge in [-0.25, -0.2) is 4.79 Å². The smallest absolute Gasteiger partial charge is 0.327 e. The van der Waals surface area contributed by atoms with Crippen molar-refractivity contribution < 1.29 is 39.3 Å². The minimum absolute atomic E-state index is 0.00330. The molecule has 3 amide bonds. The molecule has 0 spiro atoms. The highest BCUT2D eigenvalue weighted by Crippen LogP contribution is 2.12. The molecule has 0 saturated heterocycles. The first-order chi connectivity index (χ1) is 16.0. The van der Waals surface area contributed by atoms with Crippen molar-refractivity contribution in [2.45, 2.75) is 43.4 Å². The number of thiol groups is 2. The number of nitrogens with one attached hydrogen (secondary N) is 3. The molecule has 1 rings (SSSR count). The number of aliphatic carboxylic acids is 2. The number of phenols is 1. The van der Waals surface area contributed by atoms with Crippen molar-refractivity contribution >= 4 is 54.9 Å². The van der Waals surface area contributed by atoms with Crippen LogP contribution in [0.3, 0.4) is 0 Å². The maximum absolute atomic E-state index is 13.0. The summed E-state index contributed by atoms with van der Waals surface area (Å²) in [7, 11) is 0. The number of rotatable bonds is 14. The SMILES string of the molecule is NC(CS)C(=O)NC(Cc1ccc(O)cc1)C(=O)NC(CCC(=O)O)C(=O)NC(CS)C(=O)O. The minimum Gasteiger partial charge on any atom is -0.508 e. The zero-order valence-electron chi connectivity index (χ0n) is 18.0. The average Bonchev–Trinajstić information content (AvgIpc) is 2.79. The van der Waals surface area contributed by atoms with Crippen molar-refractivity contribution in [3.63, 3.8) is 0 Å². The van der Waals surface area contributed by atoms with E-state index >= 15 is 0 Å². The van der Waals surface area contributed by atoms with Crippen LogP contribution in [-0.2, 0) is 30.4 Å². The summed E-state index contributed by atoms with van der Waals surface area (Å²) in [6, 6.07) is 0.831. The lowest BCUT2D eigenvalue weighted by atomic mass is 10.0. The van der Waals surface area contributed by atoms with Gasteiger partial charge < -0.3 is 37.0 Å². The molecule has 4 unspecified atom stereocenters. The maximum atomic E-state index is 13.0. The molecule has 14 heteroatoms. The highest BCUT2D eigenvalue weighted by molar-refractivity contribution is 7.80. The van der Waals surface area contributed by atoms with Gasteiger partial charge in [0, 0.05) is 24.3 Å². The van der Waals surface area contributed by atoms with Gasteiger partial charge in [0.1, 0.15) is 23.9 Å². The van der Waals surface area contributed by atoms with Crippen molar-refractivity contribution in [1.82, 2.24) is 16.0 Å². The lowest BCUT2D eigenvalue weighted by molar-refractivity contribution is -0.142. The second kappa shape index (κ2) is 14.3. The third-order valence-electron chi connectivity index (χ3n) is 4.62. The Morgan fingerprint density at radius 2 is 1.35 bits per heavy atom. The van der Waals surface area contributed by atoms with Crippen LogP contribution in [0.25, 0.3) is 0 Å². The molecule has 0 radical (unpaired) electrons. The topological polar surface area (TPSA) is 208 Å². The van der Waals surface area contributed by atoms with E-state index in [2.05, 4.69) is 41.2 Å². The van der Waals surface area contributed by atoms with Crippen molar-refractivity contribution in [3.05, 3.63) is 29.8 Å². The Balaban J connectivity index is 3.10. The van der Waals surface area contributed by atoms with Crippen LogP contribution in [0.15, 0.2) is 24.3 Å². The van der Waals surface area contributed by atoms with Gasteiger partial charge in [-0.2, -0.15) is 25.3 Å². The Morgan fingerprint density at radius 1 is 0.824 bits per heavy atom. The van der Waals surface area contributed by atoms with Crippen LogP contribution >= 0.6 is 25.3 Å². The van der Waals surface area contributed by atoms with E-state index in [4.69, 9.17) is 15.9 Å². The van der Waals surface area contributed by atoms with Crippen molar-refractivity contribution in [1.29, 1.82) is 0 Å². The van der Waals surface area contributed by atoms with E-state index in [-0.39, 0.29) is 30.1 Å². The lowest BCUT2D eigenvalue weighted by Crippen LogP contribution is -2.58. The van der Waals surface area contributed by atoms with E-state index in [0.717, 1.165) is 0 Å². The zero-order chi connectivity index (χ0) is 25.8. The van der Waals surface area contributed by atoms with Gasteiger partial charge in [-0.05, 0) is 24.1 Å². The molecular formula is C20H28N4O8S2. The first-order valence-corrected chi connectivity index (χ1v) is 11.4. The zero-order valence-corrected chi connectivity index (χ0v) is 19.8. The number of carbonyl (C=O) groups is 5. The van der Waals surface area contributed by atoms with E-state index in [9.17, 15) is 29.1 Å². The van der Waals surface area contributed by atoms with Gasteiger partial charge in [0.25, 0.3) is 0 Å². The monoisotopic (exact) mass is 516 g/mol. The molecule has 8 N–H and O–H groups in total. The van der Waals surface area contributed by atoms with Crippen LogP contribution in [0.5, 0.6) is 5.75 Å². The number of carboxylic acid groups (broad SMARTS) is 2. The van der Waals surface area contributed by atoms with Crippen molar-refractivity contribution in [3.8, 4) is 5.75 Å². The number of amides is 3. The third kappa shape index (κ3) is 9.89. The number of carboxylic acids is 2. The summed E-state index contributed by atoms with van der Waals surface area (Å²) < 4.78 is 0. The van der Waals surface area contributed by atoms with E-state index in [1.807, 2.05) is 0 Å². The van der Waals surface area contributed by atoms with Gasteiger partial charge >= 0.3 is 11.9 Å². The summed E-state index contributed by atoms with van der Waals surface area (Å²) >= 11 is 7.80. The molecule has 0 saturated carbocycles. The molecule has 4 atom stereocenters. The third-order valence-corrected chi connectivity index (χ3v) is 5.38. The fraction of sp³-hybridized carbons (Fsp3) is 0.450. The summed E-state index contributed by atoms with van der Waals surface area (Å²) in [5, 5.41) is 34.6. The number of aromatic hydroxyl groups is 1. The average molecular weight is 517 g/mol. The highest BCUT2D eigenvalue weighted by atomic mass is 32.1. The normalized spacial score (nSPS) is 14.2. The fourth-order valence-electron chi connectivity index (χ4n) is 2.71. The predicted octanol–water partition coefficient (Wildman–Crippen LogP) is -1.47. The molecule has 34 heavy (non-hydrogen) atoms. The van der Waals surface area contributed by atoms with Gasteiger partial charge in [-0.3, -0.25) is 19.2 Å². The largest absolute Gasteiger partial charge is 0.508 e. The first-order valence-electron chi connectivity index (χ1n) is 10.1. The Morgan fingerprint density at radius 3 is 1.85 bits per heavy atom. The Labute approximate surface area is 206 Å². The summed E-state index contributed by atoms with van der Waals surface area (Å²) in [4.78, 5) is 60.1. The van der Waals surface area contributed by atoms with Crippen LogP contribution in [-0.4, -0.2) is 80.7 Å². The second-order valence-corrected chi connectivity index (χ2v) is 8.03. The van der Waals surface area contributed by atoms with Gasteiger partial charge in [-0.1, -0.05) is 12.1 Å². The van der Waals surface area contributed by atoms with Gasteiger partial charge in [0.15, 0.2) is 0 Å². The number of carbonyl (C=O) groups excluding carboxylic acids is 3. The summed E-state index contributed by atoms with van der Waals surface area (Å²) in [5.41, 5.74) is 6.22. The van der Waals surface area contributed by atoms with E-state index in [1.165, 1.54) is 24.3 Å². The Kier molecular flexibility index (Phi) is 12.2. The van der Waals surface area contributed by atoms with E-state index < -0.39 is 60.2 Å². The molecule has 0 aliphatic rings. The number of hydrogen-bond acceptors (Lipinski definition) is 9. The Hall–Kier alpha value is -2.97. The number of benzene rings is 1. The van der Waals surface area contributed by atoms with E-state index in [0.29, 0.717) is 5.56 Å². The molecule has 1 aromatic rings. The van der Waals surface area contributed by atoms with E-state index in [1.54, 1.807) is 0 Å². The summed E-state index contributed by atoms with van der Waals surface area (Å²) in [5.74, 6) is -5.25. The standard InChI is InChI=1S/C20H28N4O8S2/c21-12(8-33)17(28)23-14(7-10-1-3-11(25)4-2-10)19(30)22-13(5-6-16(26)27)18(29)24-15(9-34)20(31)32/h1-4,12-15,25,33-34H,5-9,21H2,(H,22,30)(H,23,28)(H,24,29)(H,26,27)(H,31,32). The molecular weight excluding hydrogens is 488 g/mol.